The molecule has 0 spiro atoms. The Morgan fingerprint density at radius 2 is 0.667 bits per heavy atom. The van der Waals surface area contributed by atoms with Crippen LogP contribution in [0, 0.1) is 0 Å². The molecule has 4 nitrogen and oxygen atoms in total. The zero-order valence-corrected chi connectivity index (χ0v) is 6.20. The molecule has 58 valence electrons. The molecule has 0 saturated heterocycles. The van der Waals surface area contributed by atoms with E-state index in [1.54, 1.807) is 0 Å². The molecule has 0 radical (unpaired) electrons. The van der Waals surface area contributed by atoms with Crippen LogP contribution in [0.3, 0.4) is 0 Å². The van der Waals surface area contributed by atoms with Gasteiger partial charge in [0, 0.05) is 0 Å². The third-order valence-electron chi connectivity index (χ3n) is 0.250. The topological polar surface area (TPSA) is 95.2 Å². The predicted molar refractivity (Wildman–Crippen MR) is 36.8 cm³/mol. The normalized spacial score (nSPS) is 6.67. The average molecular weight is 175 g/mol. The molecule has 0 aromatic heterocycles. The molecule has 0 aromatic rings. The van der Waals surface area contributed by atoms with Gasteiger partial charge in [-0.2, -0.15) is 26.2 Å². The molecule has 0 atom stereocenters. The third kappa shape index (κ3) is 61.1. The maximum absolute atomic E-state index is 6.26. The molecule has 0 bridgehead atoms. The maximum Gasteiger partial charge on any atom is 3.00 e. The third-order valence-corrected chi connectivity index (χ3v) is 0.250. The van der Waals surface area contributed by atoms with E-state index in [-0.39, 0.29) is 43.0 Å². The fourth-order valence-electron chi connectivity index (χ4n) is 0. The van der Waals surface area contributed by atoms with Gasteiger partial charge < -0.3 is 22.9 Å². The molecule has 0 aliphatic rings. The molecular formula is C4H12CoN4-. The van der Waals surface area contributed by atoms with Crippen LogP contribution in [0.2, 0.25) is 0 Å². The minimum absolute atomic E-state index is 0. The quantitative estimate of drug-likeness (QED) is 0.614. The number of rotatable bonds is 2. The number of nitrogens with one attached hydrogen (secondary N) is 4. The monoisotopic (exact) mass is 175 g/mol. The van der Waals surface area contributed by atoms with Gasteiger partial charge in [0.15, 0.2) is 0 Å². The molecule has 4 N–H and O–H groups in total. The standard InChI is InChI=1S/2C2H6N2.Co/c2*3-1-2-4;/h2*3-4H,1-2H2;/q2*-2;+3. The Morgan fingerprint density at radius 3 is 0.667 bits per heavy atom. The Bertz CT molecular complexity index is 20.5. The summed E-state index contributed by atoms with van der Waals surface area (Å²) in [5.74, 6) is 0. The van der Waals surface area contributed by atoms with Gasteiger partial charge in [0.05, 0.1) is 0 Å². The van der Waals surface area contributed by atoms with Crippen molar-refractivity contribution in [3.05, 3.63) is 22.9 Å². The van der Waals surface area contributed by atoms with E-state index in [1.807, 2.05) is 0 Å². The first-order valence-corrected chi connectivity index (χ1v) is 2.41. The van der Waals surface area contributed by atoms with Gasteiger partial charge in [0.2, 0.25) is 0 Å². The van der Waals surface area contributed by atoms with Crippen LogP contribution in [-0.2, 0) is 16.8 Å². The van der Waals surface area contributed by atoms with E-state index in [1.165, 1.54) is 0 Å². The smallest absolute Gasteiger partial charge is 0.679 e. The van der Waals surface area contributed by atoms with E-state index in [2.05, 4.69) is 0 Å². The molecule has 0 heterocycles. The summed E-state index contributed by atoms with van der Waals surface area (Å²) in [6, 6.07) is 0. The van der Waals surface area contributed by atoms with E-state index in [4.69, 9.17) is 22.9 Å². The van der Waals surface area contributed by atoms with Crippen LogP contribution < -0.4 is 0 Å². The Kier molecular flexibility index (Phi) is 42.8. The molecular weight excluding hydrogens is 163 g/mol. The van der Waals surface area contributed by atoms with Gasteiger partial charge in [-0.05, 0) is 0 Å². The Labute approximate surface area is 66.5 Å². The molecule has 0 saturated carbocycles. The van der Waals surface area contributed by atoms with Crippen LogP contribution in [-0.4, -0.2) is 26.2 Å². The summed E-state index contributed by atoms with van der Waals surface area (Å²) < 4.78 is 0. The van der Waals surface area contributed by atoms with Crippen molar-refractivity contribution in [2.75, 3.05) is 26.2 Å². The average Bonchev–Trinajstić information content (AvgIpc) is 1.88. The largest absolute Gasteiger partial charge is 3.00 e. The van der Waals surface area contributed by atoms with E-state index in [0.29, 0.717) is 0 Å². The van der Waals surface area contributed by atoms with Crippen LogP contribution in [0.4, 0.5) is 0 Å². The van der Waals surface area contributed by atoms with Gasteiger partial charge in [-0.1, -0.05) is 0 Å². The van der Waals surface area contributed by atoms with Crippen LogP contribution in [0.25, 0.3) is 22.9 Å². The second-order valence-corrected chi connectivity index (χ2v) is 1.000. The number of hydrogen-bond donors (Lipinski definition) is 0. The van der Waals surface area contributed by atoms with Gasteiger partial charge in [0.1, 0.15) is 0 Å². The summed E-state index contributed by atoms with van der Waals surface area (Å²) in [7, 11) is 0. The second kappa shape index (κ2) is 23.8. The Morgan fingerprint density at radius 1 is 0.556 bits per heavy atom. The Hall–Kier alpha value is 0.346. The first-order valence-electron chi connectivity index (χ1n) is 2.41. The maximum atomic E-state index is 6.26. The predicted octanol–water partition coefficient (Wildman–Crippen LogP) is 2.18. The molecule has 0 amide bonds. The van der Waals surface area contributed by atoms with Crippen molar-refractivity contribution in [1.29, 1.82) is 0 Å². The van der Waals surface area contributed by atoms with E-state index < -0.39 is 0 Å². The van der Waals surface area contributed by atoms with Gasteiger partial charge in [-0.25, -0.2) is 0 Å². The molecule has 5 heteroatoms. The van der Waals surface area contributed by atoms with Gasteiger partial charge >= 0.3 is 16.8 Å². The summed E-state index contributed by atoms with van der Waals surface area (Å²) in [4.78, 5) is 0. The van der Waals surface area contributed by atoms with Crippen molar-refractivity contribution in [3.63, 3.8) is 0 Å². The minimum Gasteiger partial charge on any atom is -0.679 e. The van der Waals surface area contributed by atoms with Crippen LogP contribution in [0.5, 0.6) is 0 Å². The summed E-state index contributed by atoms with van der Waals surface area (Å²) >= 11 is 0. The van der Waals surface area contributed by atoms with Gasteiger partial charge in [0.25, 0.3) is 0 Å². The SMILES string of the molecule is [Co+3].[NH-]CC[NH-].[NH-]CC[NH-]. The van der Waals surface area contributed by atoms with Crippen molar-refractivity contribution in [3.8, 4) is 0 Å². The first kappa shape index (κ1) is 16.2. The minimum atomic E-state index is 0. The molecule has 0 fully saturated rings. The first-order chi connectivity index (χ1) is 3.83. The van der Waals surface area contributed by atoms with Crippen molar-refractivity contribution in [2.24, 2.45) is 0 Å². The van der Waals surface area contributed by atoms with Crippen LogP contribution >= 0.6 is 0 Å². The molecule has 0 aromatic carbocycles. The zero-order valence-electron chi connectivity index (χ0n) is 5.16. The summed E-state index contributed by atoms with van der Waals surface area (Å²) in [5.41, 5.74) is 25.1. The summed E-state index contributed by atoms with van der Waals surface area (Å²) in [6.45, 7) is 0.944. The van der Waals surface area contributed by atoms with E-state index >= 15 is 0 Å². The fraction of sp³-hybridized carbons (Fsp3) is 1.00. The van der Waals surface area contributed by atoms with E-state index in [0.717, 1.165) is 0 Å². The van der Waals surface area contributed by atoms with Crippen LogP contribution in [0.15, 0.2) is 0 Å². The molecule has 0 rings (SSSR count). The Balaban J connectivity index is -0.0000000720. The van der Waals surface area contributed by atoms with Crippen molar-refractivity contribution < 1.29 is 16.8 Å². The second-order valence-electron chi connectivity index (χ2n) is 1.000. The van der Waals surface area contributed by atoms with Gasteiger partial charge in [-0.3, -0.25) is 0 Å². The summed E-state index contributed by atoms with van der Waals surface area (Å²) in [6.07, 6.45) is 0. The molecule has 0 unspecified atom stereocenters. The van der Waals surface area contributed by atoms with Gasteiger partial charge in [-0.15, -0.1) is 0 Å². The molecule has 9 heavy (non-hydrogen) atoms. The number of hydrogen-bond acceptors (Lipinski definition) is 0. The van der Waals surface area contributed by atoms with Crippen molar-refractivity contribution in [2.45, 2.75) is 0 Å². The van der Waals surface area contributed by atoms with E-state index in [9.17, 15) is 0 Å². The zero-order chi connectivity index (χ0) is 6.83. The summed E-state index contributed by atoms with van der Waals surface area (Å²) in [5, 5.41) is 0. The van der Waals surface area contributed by atoms with Crippen molar-refractivity contribution >= 4 is 0 Å². The van der Waals surface area contributed by atoms with Crippen LogP contribution in [0.1, 0.15) is 0 Å². The fourth-order valence-corrected chi connectivity index (χ4v) is 0. The van der Waals surface area contributed by atoms with Crippen molar-refractivity contribution in [1.82, 2.24) is 0 Å². The molecule has 0 aliphatic carbocycles. The molecule has 0 aliphatic heterocycles.